The summed E-state index contributed by atoms with van der Waals surface area (Å²) in [6.45, 7) is 4.97. The van der Waals surface area contributed by atoms with E-state index >= 15 is 0 Å². The van der Waals surface area contributed by atoms with E-state index < -0.39 is 0 Å². The van der Waals surface area contributed by atoms with Gasteiger partial charge in [-0.15, -0.1) is 0 Å². The molecular weight excluding hydrogens is 360 g/mol. The number of hydrogen-bond donors (Lipinski definition) is 2. The van der Waals surface area contributed by atoms with Gasteiger partial charge in [-0.25, -0.2) is 0 Å². The molecule has 6 heteroatoms. The predicted molar refractivity (Wildman–Crippen MR) is 119 cm³/mol. The number of hydrazine groups is 1. The van der Waals surface area contributed by atoms with Gasteiger partial charge in [-0.3, -0.25) is 25.7 Å². The first-order valence-corrected chi connectivity index (χ1v) is 10.9. The summed E-state index contributed by atoms with van der Waals surface area (Å²) in [5.74, 6) is 1.54. The molecule has 3 heterocycles. The minimum Gasteiger partial charge on any atom is -0.305 e. The van der Waals surface area contributed by atoms with Crippen molar-refractivity contribution in [2.24, 2.45) is 16.3 Å². The molecule has 1 atom stereocenters. The first-order chi connectivity index (χ1) is 14.2. The number of benzene rings is 1. The standard InChI is InChI=1S/C23H32N6/c1-24-22(27-26-21-7-3-5-17-13-25-9-8-20(17)21)18-6-4-10-29(14-18)19-11-23(12-19)15-28(2)16-23/h3,5,7-9,13,18-19,26H,4,6,10-12,14-16H2,1-2H3,(H,24,27). The van der Waals surface area contributed by atoms with Crippen LogP contribution in [0.4, 0.5) is 5.69 Å². The summed E-state index contributed by atoms with van der Waals surface area (Å²) in [5, 5.41) is 2.31. The van der Waals surface area contributed by atoms with Crippen LogP contribution in [0.15, 0.2) is 41.7 Å². The predicted octanol–water partition coefficient (Wildman–Crippen LogP) is 2.99. The molecule has 0 amide bonds. The number of amidine groups is 1. The van der Waals surface area contributed by atoms with Gasteiger partial charge in [0.1, 0.15) is 5.84 Å². The van der Waals surface area contributed by atoms with Crippen molar-refractivity contribution in [2.75, 3.05) is 45.7 Å². The number of aliphatic imine (C=N–C) groups is 1. The van der Waals surface area contributed by atoms with Gasteiger partial charge >= 0.3 is 0 Å². The van der Waals surface area contributed by atoms with E-state index in [1.165, 1.54) is 50.7 Å². The maximum atomic E-state index is 4.61. The van der Waals surface area contributed by atoms with Crippen molar-refractivity contribution < 1.29 is 0 Å². The summed E-state index contributed by atoms with van der Waals surface area (Å²) in [6, 6.07) is 9.08. The van der Waals surface area contributed by atoms with Gasteiger partial charge in [0, 0.05) is 61.8 Å². The Balaban J connectivity index is 1.20. The fourth-order valence-corrected chi connectivity index (χ4v) is 5.82. The van der Waals surface area contributed by atoms with Crippen LogP contribution in [0.2, 0.25) is 0 Å². The highest BCUT2D eigenvalue weighted by molar-refractivity contribution is 5.94. The quantitative estimate of drug-likeness (QED) is 0.476. The first-order valence-electron chi connectivity index (χ1n) is 10.9. The molecule has 2 aromatic rings. The SMILES string of the molecule is CN=C(NNc1cccc2cnccc12)C1CCCN(C2CC3(C2)CN(C)C3)C1. The van der Waals surface area contributed by atoms with Crippen LogP contribution in [-0.4, -0.2) is 66.9 Å². The molecular formula is C23H32N6. The average Bonchev–Trinajstić information content (AvgIpc) is 2.70. The third kappa shape index (κ3) is 3.60. The fraction of sp³-hybridized carbons (Fsp3) is 0.565. The van der Waals surface area contributed by atoms with E-state index in [9.17, 15) is 0 Å². The lowest BCUT2D eigenvalue weighted by Crippen LogP contribution is -2.66. The number of rotatable bonds is 4. The first kappa shape index (κ1) is 18.8. The van der Waals surface area contributed by atoms with Crippen LogP contribution in [0.1, 0.15) is 25.7 Å². The van der Waals surface area contributed by atoms with Crippen molar-refractivity contribution in [3.05, 3.63) is 36.7 Å². The molecule has 29 heavy (non-hydrogen) atoms. The number of nitrogens with one attached hydrogen (secondary N) is 2. The molecule has 2 N–H and O–H groups in total. The third-order valence-corrected chi connectivity index (χ3v) is 7.15. The number of hydrogen-bond acceptors (Lipinski definition) is 5. The van der Waals surface area contributed by atoms with Crippen LogP contribution >= 0.6 is 0 Å². The van der Waals surface area contributed by atoms with Crippen molar-refractivity contribution >= 4 is 22.3 Å². The zero-order valence-electron chi connectivity index (χ0n) is 17.6. The molecule has 5 rings (SSSR count). The lowest BCUT2D eigenvalue weighted by atomic mass is 9.60. The van der Waals surface area contributed by atoms with Gasteiger partial charge in [0.15, 0.2) is 0 Å². The van der Waals surface area contributed by atoms with E-state index in [0.717, 1.165) is 29.5 Å². The monoisotopic (exact) mass is 392 g/mol. The number of aromatic nitrogens is 1. The number of fused-ring (bicyclic) bond motifs is 1. The van der Waals surface area contributed by atoms with Gasteiger partial charge in [0.2, 0.25) is 0 Å². The van der Waals surface area contributed by atoms with E-state index in [4.69, 9.17) is 0 Å². The molecule has 1 spiro atoms. The Morgan fingerprint density at radius 3 is 2.90 bits per heavy atom. The molecule has 1 saturated carbocycles. The second-order valence-corrected chi connectivity index (χ2v) is 9.33. The molecule has 2 saturated heterocycles. The Bertz CT molecular complexity index is 890. The zero-order valence-corrected chi connectivity index (χ0v) is 17.6. The smallest absolute Gasteiger partial charge is 0.119 e. The van der Waals surface area contributed by atoms with Gasteiger partial charge in [-0.1, -0.05) is 12.1 Å². The highest BCUT2D eigenvalue weighted by Crippen LogP contribution is 2.50. The Labute approximate surface area is 173 Å². The number of anilines is 1. The minimum absolute atomic E-state index is 0.471. The molecule has 6 nitrogen and oxygen atoms in total. The lowest BCUT2D eigenvalue weighted by Gasteiger charge is -2.61. The lowest BCUT2D eigenvalue weighted by molar-refractivity contribution is -0.103. The fourth-order valence-electron chi connectivity index (χ4n) is 5.82. The average molecular weight is 393 g/mol. The Morgan fingerprint density at radius 1 is 1.24 bits per heavy atom. The number of likely N-dealkylation sites (tertiary alicyclic amines) is 2. The maximum Gasteiger partial charge on any atom is 0.119 e. The van der Waals surface area contributed by atoms with E-state index in [1.807, 2.05) is 19.4 Å². The van der Waals surface area contributed by atoms with Crippen LogP contribution in [0.5, 0.6) is 0 Å². The van der Waals surface area contributed by atoms with Crippen LogP contribution in [0, 0.1) is 11.3 Å². The second kappa shape index (κ2) is 7.58. The van der Waals surface area contributed by atoms with Gasteiger partial charge in [-0.05, 0) is 56.8 Å². The summed E-state index contributed by atoms with van der Waals surface area (Å²) in [7, 11) is 4.14. The van der Waals surface area contributed by atoms with Gasteiger partial charge < -0.3 is 4.90 Å². The van der Waals surface area contributed by atoms with Crippen molar-refractivity contribution in [3.8, 4) is 0 Å². The zero-order chi connectivity index (χ0) is 19.8. The second-order valence-electron chi connectivity index (χ2n) is 9.33. The summed E-state index contributed by atoms with van der Waals surface area (Å²) in [6.07, 6.45) is 8.98. The molecule has 3 fully saturated rings. The van der Waals surface area contributed by atoms with E-state index in [1.54, 1.807) is 0 Å². The maximum absolute atomic E-state index is 4.61. The van der Waals surface area contributed by atoms with Gasteiger partial charge in [0.25, 0.3) is 0 Å². The van der Waals surface area contributed by atoms with Crippen LogP contribution in [0.3, 0.4) is 0 Å². The largest absolute Gasteiger partial charge is 0.305 e. The minimum atomic E-state index is 0.471. The third-order valence-electron chi connectivity index (χ3n) is 7.15. The van der Waals surface area contributed by atoms with E-state index in [0.29, 0.717) is 11.3 Å². The number of piperidine rings is 1. The van der Waals surface area contributed by atoms with E-state index in [-0.39, 0.29) is 0 Å². The summed E-state index contributed by atoms with van der Waals surface area (Å²) in [4.78, 5) is 14.0. The van der Waals surface area contributed by atoms with Crippen molar-refractivity contribution in [1.82, 2.24) is 20.2 Å². The Morgan fingerprint density at radius 2 is 2.10 bits per heavy atom. The molecule has 0 radical (unpaired) electrons. The highest BCUT2D eigenvalue weighted by atomic mass is 15.4. The molecule has 1 aliphatic carbocycles. The molecule has 1 aromatic heterocycles. The normalized spacial score (nSPS) is 25.6. The molecule has 3 aliphatic rings. The van der Waals surface area contributed by atoms with Crippen LogP contribution in [-0.2, 0) is 0 Å². The van der Waals surface area contributed by atoms with Crippen molar-refractivity contribution in [3.63, 3.8) is 0 Å². The molecule has 0 bridgehead atoms. The van der Waals surface area contributed by atoms with Crippen molar-refractivity contribution in [1.29, 1.82) is 0 Å². The van der Waals surface area contributed by atoms with Crippen LogP contribution in [0.25, 0.3) is 10.8 Å². The molecule has 2 aliphatic heterocycles. The summed E-state index contributed by atoms with van der Waals surface area (Å²) in [5.41, 5.74) is 8.56. The van der Waals surface area contributed by atoms with E-state index in [2.05, 4.69) is 61.9 Å². The Hall–Kier alpha value is -2.18. The topological polar surface area (TPSA) is 55.8 Å². The van der Waals surface area contributed by atoms with Gasteiger partial charge in [0.05, 0.1) is 5.69 Å². The molecule has 1 unspecified atom stereocenters. The summed E-state index contributed by atoms with van der Waals surface area (Å²) < 4.78 is 0. The van der Waals surface area contributed by atoms with Crippen LogP contribution < -0.4 is 10.9 Å². The summed E-state index contributed by atoms with van der Waals surface area (Å²) >= 11 is 0. The molecule has 154 valence electrons. The number of pyridine rings is 1. The van der Waals surface area contributed by atoms with Gasteiger partial charge in [-0.2, -0.15) is 0 Å². The molecule has 1 aromatic carbocycles. The van der Waals surface area contributed by atoms with Crippen molar-refractivity contribution in [2.45, 2.75) is 31.7 Å². The highest BCUT2D eigenvalue weighted by Gasteiger charge is 2.52. The number of nitrogens with zero attached hydrogens (tertiary/aromatic N) is 4. The Kier molecular flexibility index (Phi) is 4.92.